The molecule has 136 valence electrons. The molecule has 2 heterocycles. The lowest BCUT2D eigenvalue weighted by molar-refractivity contribution is 0.860. The molecule has 4 nitrogen and oxygen atoms in total. The van der Waals surface area contributed by atoms with Crippen LogP contribution in [0.25, 0.3) is 27.8 Å². The molecule has 28 heavy (non-hydrogen) atoms. The molecular formula is C22H15ClN4S. The van der Waals surface area contributed by atoms with Gasteiger partial charge in [0.05, 0.1) is 0 Å². The fraction of sp³-hybridized carbons (Fsp3) is 0.0455. The number of hydrogen-bond acceptors (Lipinski definition) is 4. The number of thioether (sulfide) groups is 1. The van der Waals surface area contributed by atoms with Crippen LogP contribution < -0.4 is 0 Å². The maximum Gasteiger partial charge on any atom is 0.185 e. The van der Waals surface area contributed by atoms with Crippen LogP contribution in [0.5, 0.6) is 0 Å². The topological polar surface area (TPSA) is 43.1 Å². The van der Waals surface area contributed by atoms with Gasteiger partial charge in [-0.3, -0.25) is 0 Å². The Morgan fingerprint density at radius 2 is 1.64 bits per heavy atom. The van der Waals surface area contributed by atoms with Gasteiger partial charge < -0.3 is 0 Å². The molecular weight excluding hydrogens is 388 g/mol. The molecule has 0 unspecified atom stereocenters. The Kier molecular flexibility index (Phi) is 4.47. The molecule has 3 aromatic carbocycles. The second-order valence-electron chi connectivity index (χ2n) is 6.40. The minimum atomic E-state index is 0.692. The number of rotatable bonds is 4. The van der Waals surface area contributed by atoms with Crippen molar-refractivity contribution in [1.29, 1.82) is 0 Å². The summed E-state index contributed by atoms with van der Waals surface area (Å²) in [6, 6.07) is 26.4. The maximum atomic E-state index is 6.00. The summed E-state index contributed by atoms with van der Waals surface area (Å²) < 4.78 is 1.79. The van der Waals surface area contributed by atoms with E-state index in [4.69, 9.17) is 16.7 Å². The zero-order valence-electron chi connectivity index (χ0n) is 14.8. The molecule has 0 aliphatic carbocycles. The monoisotopic (exact) mass is 402 g/mol. The number of fused-ring (bicyclic) bond motifs is 2. The zero-order valence-corrected chi connectivity index (χ0v) is 16.4. The molecule has 0 aliphatic rings. The van der Waals surface area contributed by atoms with Crippen LogP contribution in [0.2, 0.25) is 5.02 Å². The summed E-state index contributed by atoms with van der Waals surface area (Å²) in [7, 11) is 0. The van der Waals surface area contributed by atoms with E-state index < -0.39 is 0 Å². The Morgan fingerprint density at radius 3 is 2.54 bits per heavy atom. The van der Waals surface area contributed by atoms with Crippen molar-refractivity contribution in [3.05, 3.63) is 89.4 Å². The first-order chi connectivity index (χ1) is 13.8. The molecule has 0 bridgehead atoms. The average Bonchev–Trinajstić information content (AvgIpc) is 3.16. The van der Waals surface area contributed by atoms with Gasteiger partial charge in [0.1, 0.15) is 5.03 Å². The van der Waals surface area contributed by atoms with Gasteiger partial charge in [-0.05, 0) is 52.7 Å². The number of nitrogens with zero attached hydrogens (tertiary/aromatic N) is 4. The highest BCUT2D eigenvalue weighted by atomic mass is 35.5. The van der Waals surface area contributed by atoms with Crippen LogP contribution in [-0.4, -0.2) is 19.8 Å². The summed E-state index contributed by atoms with van der Waals surface area (Å²) >= 11 is 7.70. The largest absolute Gasteiger partial charge is 0.192 e. The molecule has 0 saturated heterocycles. The second kappa shape index (κ2) is 7.26. The Morgan fingerprint density at radius 1 is 0.821 bits per heavy atom. The molecule has 0 spiro atoms. The van der Waals surface area contributed by atoms with Crippen LogP contribution >= 0.6 is 23.4 Å². The van der Waals surface area contributed by atoms with E-state index in [9.17, 15) is 0 Å². The van der Waals surface area contributed by atoms with Crippen LogP contribution in [0.4, 0.5) is 0 Å². The van der Waals surface area contributed by atoms with Gasteiger partial charge in [-0.25, -0.2) is 0 Å². The quantitative estimate of drug-likeness (QED) is 0.351. The van der Waals surface area contributed by atoms with Crippen molar-refractivity contribution in [3.8, 4) is 11.4 Å². The van der Waals surface area contributed by atoms with Gasteiger partial charge in [0.25, 0.3) is 0 Å². The molecule has 5 aromatic rings. The highest BCUT2D eigenvalue weighted by Gasteiger charge is 2.11. The van der Waals surface area contributed by atoms with Gasteiger partial charge in [-0.2, -0.15) is 9.61 Å². The predicted octanol–water partition coefficient (Wildman–Crippen LogP) is 5.89. The fourth-order valence-electron chi connectivity index (χ4n) is 3.20. The molecule has 0 atom stereocenters. The van der Waals surface area contributed by atoms with Crippen LogP contribution in [0.1, 0.15) is 5.56 Å². The van der Waals surface area contributed by atoms with Crippen molar-refractivity contribution in [1.82, 2.24) is 19.8 Å². The van der Waals surface area contributed by atoms with E-state index in [-0.39, 0.29) is 0 Å². The Balaban J connectivity index is 1.46. The molecule has 0 radical (unpaired) electrons. The fourth-order valence-corrected chi connectivity index (χ4v) is 4.18. The number of halogens is 1. The minimum Gasteiger partial charge on any atom is -0.192 e. The van der Waals surface area contributed by atoms with Gasteiger partial charge in [0.2, 0.25) is 0 Å². The standard InChI is InChI=1S/C22H15ClN4S/c23-18-10-8-16(9-11-18)22-25-24-20-12-13-21(26-27(20)22)28-14-17-6-3-5-15-4-1-2-7-19(15)17/h1-13H,14H2. The van der Waals surface area contributed by atoms with Crippen LogP contribution in [0.15, 0.2) is 83.9 Å². The Bertz CT molecular complexity index is 1280. The molecule has 6 heteroatoms. The van der Waals surface area contributed by atoms with Gasteiger partial charge in [0, 0.05) is 16.3 Å². The smallest absolute Gasteiger partial charge is 0.185 e. The Hall–Kier alpha value is -2.89. The van der Waals surface area contributed by atoms with Gasteiger partial charge >= 0.3 is 0 Å². The van der Waals surface area contributed by atoms with Gasteiger partial charge in [0.15, 0.2) is 11.5 Å². The third kappa shape index (κ3) is 3.23. The summed E-state index contributed by atoms with van der Waals surface area (Å²) in [4.78, 5) is 0. The highest BCUT2D eigenvalue weighted by Crippen LogP contribution is 2.27. The molecule has 0 amide bonds. The van der Waals surface area contributed by atoms with Crippen molar-refractivity contribution in [2.24, 2.45) is 0 Å². The molecule has 0 aliphatic heterocycles. The summed E-state index contributed by atoms with van der Waals surface area (Å²) in [5.41, 5.74) is 2.95. The summed E-state index contributed by atoms with van der Waals surface area (Å²) in [6.45, 7) is 0. The van der Waals surface area contributed by atoms with Crippen molar-refractivity contribution in [2.75, 3.05) is 0 Å². The van der Waals surface area contributed by atoms with Crippen LogP contribution in [-0.2, 0) is 5.75 Å². The summed E-state index contributed by atoms with van der Waals surface area (Å²) in [5, 5.41) is 17.4. The lowest BCUT2D eigenvalue weighted by Crippen LogP contribution is -1.96. The summed E-state index contributed by atoms with van der Waals surface area (Å²) in [5.74, 6) is 1.55. The first-order valence-corrected chi connectivity index (χ1v) is 10.2. The number of benzene rings is 3. The lowest BCUT2D eigenvalue weighted by Gasteiger charge is -2.07. The molecule has 0 N–H and O–H groups in total. The molecule has 5 rings (SSSR count). The van der Waals surface area contributed by atoms with E-state index in [1.807, 2.05) is 36.4 Å². The third-order valence-corrected chi connectivity index (χ3v) is 5.82. The molecule has 0 fully saturated rings. The predicted molar refractivity (Wildman–Crippen MR) is 115 cm³/mol. The molecule has 0 saturated carbocycles. The van der Waals surface area contributed by atoms with Crippen molar-refractivity contribution >= 4 is 39.8 Å². The minimum absolute atomic E-state index is 0.692. The van der Waals surface area contributed by atoms with Gasteiger partial charge in [-0.15, -0.1) is 10.2 Å². The number of aromatic nitrogens is 4. The van der Waals surface area contributed by atoms with Gasteiger partial charge in [-0.1, -0.05) is 65.8 Å². The van der Waals surface area contributed by atoms with Crippen molar-refractivity contribution < 1.29 is 0 Å². The SMILES string of the molecule is Clc1ccc(-c2nnc3ccc(SCc4cccc5ccccc45)nn23)cc1. The van der Waals surface area contributed by atoms with Crippen molar-refractivity contribution in [2.45, 2.75) is 10.8 Å². The van der Waals surface area contributed by atoms with E-state index in [1.54, 1.807) is 16.3 Å². The van der Waals surface area contributed by atoms with E-state index in [0.29, 0.717) is 10.8 Å². The zero-order chi connectivity index (χ0) is 18.9. The first kappa shape index (κ1) is 17.2. The van der Waals surface area contributed by atoms with Crippen LogP contribution in [0.3, 0.4) is 0 Å². The maximum absolute atomic E-state index is 6.00. The first-order valence-electron chi connectivity index (χ1n) is 8.86. The van der Waals surface area contributed by atoms with Crippen LogP contribution in [0, 0.1) is 0 Å². The second-order valence-corrected chi connectivity index (χ2v) is 7.83. The highest BCUT2D eigenvalue weighted by molar-refractivity contribution is 7.98. The van der Waals surface area contributed by atoms with E-state index in [2.05, 4.69) is 52.7 Å². The van der Waals surface area contributed by atoms with Crippen molar-refractivity contribution in [3.63, 3.8) is 0 Å². The number of hydrogen-bond donors (Lipinski definition) is 0. The molecule has 2 aromatic heterocycles. The van der Waals surface area contributed by atoms with E-state index >= 15 is 0 Å². The summed E-state index contributed by atoms with van der Waals surface area (Å²) in [6.07, 6.45) is 0. The average molecular weight is 403 g/mol. The third-order valence-electron chi connectivity index (χ3n) is 4.60. The van der Waals surface area contributed by atoms with E-state index in [0.717, 1.165) is 22.0 Å². The lowest BCUT2D eigenvalue weighted by atomic mass is 10.1. The van der Waals surface area contributed by atoms with E-state index in [1.165, 1.54) is 16.3 Å². The Labute approximate surface area is 171 Å². The normalized spacial score (nSPS) is 11.3.